The number of hydrogen-bond donors (Lipinski definition) is 1. The van der Waals surface area contributed by atoms with Crippen molar-refractivity contribution in [2.24, 2.45) is 0 Å². The van der Waals surface area contributed by atoms with Crippen molar-refractivity contribution >= 4 is 17.0 Å². The van der Waals surface area contributed by atoms with E-state index in [-0.39, 0.29) is 29.6 Å². The van der Waals surface area contributed by atoms with E-state index in [0.717, 1.165) is 37.9 Å². The van der Waals surface area contributed by atoms with Gasteiger partial charge < -0.3 is 9.72 Å². The number of esters is 1. The zero-order chi connectivity index (χ0) is 17.6. The lowest BCUT2D eigenvalue weighted by atomic mass is 9.99. The number of piperidine rings is 1. The van der Waals surface area contributed by atoms with Gasteiger partial charge in [0.2, 0.25) is 0 Å². The van der Waals surface area contributed by atoms with Crippen LogP contribution in [0.3, 0.4) is 0 Å². The summed E-state index contributed by atoms with van der Waals surface area (Å²) in [6.45, 7) is 3.90. The minimum Gasteiger partial charge on any atom is -0.466 e. The lowest BCUT2D eigenvalue weighted by Crippen LogP contribution is -2.46. The third-order valence-corrected chi connectivity index (χ3v) is 5.49. The SMILES string of the molecule is Cc1cc2c(cc1F)[nH]c(=O)n2C1CCN(C2CCOC(=O)C2)CC1. The van der Waals surface area contributed by atoms with Crippen LogP contribution < -0.4 is 5.69 Å². The number of aryl methyl sites for hydroxylation is 1. The van der Waals surface area contributed by atoms with Crippen LogP contribution in [0.4, 0.5) is 4.39 Å². The van der Waals surface area contributed by atoms with E-state index in [9.17, 15) is 14.0 Å². The van der Waals surface area contributed by atoms with Crippen molar-refractivity contribution in [1.82, 2.24) is 14.5 Å². The number of aromatic amines is 1. The second-order valence-electron chi connectivity index (χ2n) is 7.05. The van der Waals surface area contributed by atoms with Gasteiger partial charge in [-0.05, 0) is 43.9 Å². The Morgan fingerprint density at radius 2 is 1.92 bits per heavy atom. The molecule has 6 nitrogen and oxygen atoms in total. The first-order chi connectivity index (χ1) is 12.0. The van der Waals surface area contributed by atoms with Gasteiger partial charge in [-0.3, -0.25) is 14.3 Å². The monoisotopic (exact) mass is 347 g/mol. The Kier molecular flexibility index (Phi) is 4.11. The number of imidazole rings is 1. The van der Waals surface area contributed by atoms with Crippen LogP contribution in [-0.2, 0) is 9.53 Å². The number of carbonyl (C=O) groups is 1. The topological polar surface area (TPSA) is 67.3 Å². The number of benzene rings is 1. The van der Waals surface area contributed by atoms with Gasteiger partial charge in [0, 0.05) is 25.2 Å². The molecule has 0 saturated carbocycles. The van der Waals surface area contributed by atoms with Crippen LogP contribution in [0.2, 0.25) is 0 Å². The first-order valence-corrected chi connectivity index (χ1v) is 8.83. The molecule has 2 saturated heterocycles. The highest BCUT2D eigenvalue weighted by Crippen LogP contribution is 2.28. The first-order valence-electron chi connectivity index (χ1n) is 8.83. The zero-order valence-corrected chi connectivity index (χ0v) is 14.3. The maximum Gasteiger partial charge on any atom is 0.326 e. The van der Waals surface area contributed by atoms with Crippen molar-refractivity contribution in [1.29, 1.82) is 0 Å². The highest BCUT2D eigenvalue weighted by molar-refractivity contribution is 5.76. The molecule has 134 valence electrons. The van der Waals surface area contributed by atoms with Gasteiger partial charge >= 0.3 is 11.7 Å². The van der Waals surface area contributed by atoms with Gasteiger partial charge in [0.05, 0.1) is 24.1 Å². The van der Waals surface area contributed by atoms with Gasteiger partial charge in [-0.1, -0.05) is 0 Å². The number of nitrogens with zero attached hydrogens (tertiary/aromatic N) is 2. The standard InChI is InChI=1S/C18H22FN3O3/c1-11-8-16-15(10-14(11)19)20-18(24)22(16)12-2-5-21(6-3-12)13-4-7-25-17(23)9-13/h8,10,12-13H,2-7,9H2,1H3,(H,20,24). The molecule has 4 rings (SSSR count). The van der Waals surface area contributed by atoms with Gasteiger partial charge in [0.25, 0.3) is 0 Å². The molecule has 25 heavy (non-hydrogen) atoms. The number of halogens is 1. The summed E-state index contributed by atoms with van der Waals surface area (Å²) in [5.41, 5.74) is 1.67. The number of aromatic nitrogens is 2. The van der Waals surface area contributed by atoms with Gasteiger partial charge in [-0.25, -0.2) is 9.18 Å². The molecule has 2 aliphatic heterocycles. The summed E-state index contributed by atoms with van der Waals surface area (Å²) in [5.74, 6) is -0.427. The van der Waals surface area contributed by atoms with Gasteiger partial charge in [-0.2, -0.15) is 0 Å². The van der Waals surface area contributed by atoms with E-state index in [1.54, 1.807) is 17.6 Å². The van der Waals surface area contributed by atoms with E-state index < -0.39 is 0 Å². The Labute approximate surface area is 144 Å². The molecule has 0 aliphatic carbocycles. The molecular formula is C18H22FN3O3. The van der Waals surface area contributed by atoms with E-state index in [2.05, 4.69) is 9.88 Å². The number of hydrogen-bond acceptors (Lipinski definition) is 4. The molecule has 1 atom stereocenters. The molecule has 1 aromatic carbocycles. The molecule has 0 spiro atoms. The Balaban J connectivity index is 1.54. The molecule has 7 heteroatoms. The van der Waals surface area contributed by atoms with Crippen LogP contribution in [0.5, 0.6) is 0 Å². The van der Waals surface area contributed by atoms with E-state index in [1.807, 2.05) is 0 Å². The molecule has 0 radical (unpaired) electrons. The highest BCUT2D eigenvalue weighted by Gasteiger charge is 2.31. The number of likely N-dealkylation sites (tertiary alicyclic amines) is 1. The summed E-state index contributed by atoms with van der Waals surface area (Å²) in [7, 11) is 0. The lowest BCUT2D eigenvalue weighted by Gasteiger charge is -2.38. The van der Waals surface area contributed by atoms with Crippen molar-refractivity contribution in [2.75, 3.05) is 19.7 Å². The Morgan fingerprint density at radius 1 is 1.16 bits per heavy atom. The Bertz CT molecular complexity index is 864. The maximum absolute atomic E-state index is 13.7. The molecule has 1 unspecified atom stereocenters. The molecule has 0 bridgehead atoms. The van der Waals surface area contributed by atoms with Crippen LogP contribution in [0.15, 0.2) is 16.9 Å². The number of cyclic esters (lactones) is 1. The number of fused-ring (bicyclic) bond motifs is 1. The second kappa shape index (κ2) is 6.29. The van der Waals surface area contributed by atoms with Gasteiger partial charge in [0.1, 0.15) is 5.82 Å². The average molecular weight is 347 g/mol. The number of ether oxygens (including phenoxy) is 1. The fourth-order valence-electron chi connectivity index (χ4n) is 4.10. The molecule has 3 heterocycles. The number of H-pyrrole nitrogens is 1. The first kappa shape index (κ1) is 16.3. The number of carbonyl (C=O) groups excluding carboxylic acids is 1. The largest absolute Gasteiger partial charge is 0.466 e. The average Bonchev–Trinajstić information content (AvgIpc) is 2.90. The zero-order valence-electron chi connectivity index (χ0n) is 14.3. The third kappa shape index (κ3) is 2.97. The van der Waals surface area contributed by atoms with E-state index >= 15 is 0 Å². The summed E-state index contributed by atoms with van der Waals surface area (Å²) < 4.78 is 20.5. The summed E-state index contributed by atoms with van der Waals surface area (Å²) in [5, 5.41) is 0. The molecule has 2 aromatic rings. The minimum atomic E-state index is -0.306. The molecule has 2 fully saturated rings. The molecule has 0 amide bonds. The van der Waals surface area contributed by atoms with Gasteiger partial charge in [0.15, 0.2) is 0 Å². The smallest absolute Gasteiger partial charge is 0.326 e. The van der Waals surface area contributed by atoms with E-state index in [1.165, 1.54) is 6.07 Å². The fourth-order valence-corrected chi connectivity index (χ4v) is 4.10. The molecule has 1 N–H and O–H groups in total. The summed E-state index contributed by atoms with van der Waals surface area (Å²) in [6, 6.07) is 3.48. The van der Waals surface area contributed by atoms with Gasteiger partial charge in [-0.15, -0.1) is 0 Å². The Hall–Kier alpha value is -2.15. The van der Waals surface area contributed by atoms with E-state index in [4.69, 9.17) is 4.74 Å². The second-order valence-corrected chi connectivity index (χ2v) is 7.05. The van der Waals surface area contributed by atoms with Crippen molar-refractivity contribution < 1.29 is 13.9 Å². The van der Waals surface area contributed by atoms with Crippen LogP contribution in [0.25, 0.3) is 11.0 Å². The van der Waals surface area contributed by atoms with Crippen molar-refractivity contribution in [2.45, 2.75) is 44.7 Å². The van der Waals surface area contributed by atoms with Crippen molar-refractivity contribution in [3.05, 3.63) is 34.0 Å². The predicted molar refractivity (Wildman–Crippen MR) is 91.1 cm³/mol. The molecule has 1 aromatic heterocycles. The summed E-state index contributed by atoms with van der Waals surface area (Å²) in [6.07, 6.45) is 3.02. The summed E-state index contributed by atoms with van der Waals surface area (Å²) >= 11 is 0. The van der Waals surface area contributed by atoms with Crippen LogP contribution in [0.1, 0.15) is 37.3 Å². The van der Waals surface area contributed by atoms with Crippen molar-refractivity contribution in [3.8, 4) is 0 Å². The molecule has 2 aliphatic rings. The fraction of sp³-hybridized carbons (Fsp3) is 0.556. The van der Waals surface area contributed by atoms with Crippen LogP contribution >= 0.6 is 0 Å². The van der Waals surface area contributed by atoms with Crippen LogP contribution in [0, 0.1) is 12.7 Å². The highest BCUT2D eigenvalue weighted by atomic mass is 19.1. The quantitative estimate of drug-likeness (QED) is 0.845. The molecular weight excluding hydrogens is 325 g/mol. The Morgan fingerprint density at radius 3 is 2.64 bits per heavy atom. The van der Waals surface area contributed by atoms with E-state index in [0.29, 0.717) is 24.1 Å². The van der Waals surface area contributed by atoms with Crippen LogP contribution in [-0.4, -0.2) is 46.2 Å². The maximum atomic E-state index is 13.7. The lowest BCUT2D eigenvalue weighted by molar-refractivity contribution is -0.150. The predicted octanol–water partition coefficient (Wildman–Crippen LogP) is 2.12. The minimum absolute atomic E-state index is 0.0953. The van der Waals surface area contributed by atoms with Crippen molar-refractivity contribution in [3.63, 3.8) is 0 Å². The normalized spacial score (nSPS) is 23.1. The third-order valence-electron chi connectivity index (χ3n) is 5.49. The number of nitrogens with one attached hydrogen (secondary N) is 1. The number of rotatable bonds is 2. The summed E-state index contributed by atoms with van der Waals surface area (Å²) in [4.78, 5) is 29.0.